The highest BCUT2D eigenvalue weighted by molar-refractivity contribution is 6.31. The molecule has 196 valence electrons. The van der Waals surface area contributed by atoms with Crippen LogP contribution in [-0.2, 0) is 12.7 Å². The number of carbonyl (C=O) groups excluding carboxylic acids is 2. The smallest absolute Gasteiger partial charge is 0.417 e. The van der Waals surface area contributed by atoms with Crippen LogP contribution >= 0.6 is 11.6 Å². The number of nitrogens with zero attached hydrogens (tertiary/aromatic N) is 2. The van der Waals surface area contributed by atoms with E-state index in [1.54, 1.807) is 30.3 Å². The average molecular weight is 536 g/mol. The van der Waals surface area contributed by atoms with E-state index in [0.29, 0.717) is 24.6 Å². The van der Waals surface area contributed by atoms with Crippen LogP contribution in [0, 0.1) is 0 Å². The number of hydrogen-bond donors (Lipinski definition) is 3. The predicted octanol–water partition coefficient (Wildman–Crippen LogP) is 5.16. The van der Waals surface area contributed by atoms with E-state index >= 15 is 0 Å². The van der Waals surface area contributed by atoms with Gasteiger partial charge in [-0.15, -0.1) is 0 Å². The summed E-state index contributed by atoms with van der Waals surface area (Å²) in [4.78, 5) is 30.4. The molecule has 3 rings (SSSR count). The number of benzene rings is 2. The van der Waals surface area contributed by atoms with Gasteiger partial charge in [0, 0.05) is 37.6 Å². The third-order valence-electron chi connectivity index (χ3n) is 4.95. The molecule has 3 aromatic rings. The van der Waals surface area contributed by atoms with E-state index in [-0.39, 0.29) is 23.8 Å². The molecule has 0 spiro atoms. The van der Waals surface area contributed by atoms with Crippen molar-refractivity contribution in [2.45, 2.75) is 12.7 Å². The Morgan fingerprint density at radius 2 is 1.73 bits per heavy atom. The molecule has 3 N–H and O–H groups in total. The van der Waals surface area contributed by atoms with Crippen molar-refractivity contribution in [2.75, 3.05) is 32.5 Å². The van der Waals surface area contributed by atoms with Crippen molar-refractivity contribution in [3.05, 3.63) is 82.6 Å². The van der Waals surface area contributed by atoms with E-state index in [1.807, 2.05) is 19.0 Å². The number of nitrogens with one attached hydrogen (secondary N) is 3. The van der Waals surface area contributed by atoms with Crippen LogP contribution in [0.3, 0.4) is 0 Å². The molecule has 2 aromatic carbocycles. The Labute approximate surface area is 216 Å². The summed E-state index contributed by atoms with van der Waals surface area (Å²) in [6.07, 6.45) is -3.16. The third kappa shape index (κ3) is 8.65. The van der Waals surface area contributed by atoms with Crippen LogP contribution in [-0.4, -0.2) is 49.0 Å². The molecular formula is C25H25ClF3N5O3. The summed E-state index contributed by atoms with van der Waals surface area (Å²) >= 11 is 5.59. The Morgan fingerprint density at radius 3 is 2.41 bits per heavy atom. The first-order valence-corrected chi connectivity index (χ1v) is 11.5. The Hall–Kier alpha value is -3.83. The summed E-state index contributed by atoms with van der Waals surface area (Å²) in [6, 6.07) is 12.4. The molecule has 3 amide bonds. The zero-order valence-corrected chi connectivity index (χ0v) is 20.8. The molecule has 0 radical (unpaired) electrons. The van der Waals surface area contributed by atoms with E-state index in [1.165, 1.54) is 18.3 Å². The first-order chi connectivity index (χ1) is 17.5. The van der Waals surface area contributed by atoms with Gasteiger partial charge in [-0.1, -0.05) is 23.7 Å². The highest BCUT2D eigenvalue weighted by atomic mass is 35.5. The first-order valence-electron chi connectivity index (χ1n) is 11.1. The molecule has 37 heavy (non-hydrogen) atoms. The van der Waals surface area contributed by atoms with E-state index in [4.69, 9.17) is 16.3 Å². The second kappa shape index (κ2) is 12.4. The standard InChI is InChI=1S/C25H25ClF3N5O3/c1-34(2)12-11-31-23(35)22-14-19(9-10-30-22)37-18-6-3-16(4-7-18)15-32-24(36)33-17-5-8-21(26)20(13-17)25(27,28)29/h3-10,13-14H,11-12,15H2,1-2H3,(H,31,35)(H2,32,33,36). The fourth-order valence-corrected chi connectivity index (χ4v) is 3.30. The number of halogens is 4. The molecule has 12 heteroatoms. The SMILES string of the molecule is CN(C)CCNC(=O)c1cc(Oc2ccc(CNC(=O)Nc3ccc(Cl)c(C(F)(F)F)c3)cc2)ccn1. The van der Waals surface area contributed by atoms with Crippen LogP contribution in [0.1, 0.15) is 21.6 Å². The zero-order chi connectivity index (χ0) is 27.0. The van der Waals surface area contributed by atoms with E-state index in [9.17, 15) is 22.8 Å². The molecule has 0 aliphatic heterocycles. The van der Waals surface area contributed by atoms with Crippen molar-refractivity contribution in [1.29, 1.82) is 0 Å². The molecule has 0 atom stereocenters. The molecule has 0 saturated heterocycles. The van der Waals surface area contributed by atoms with Crippen molar-refractivity contribution in [3.8, 4) is 11.5 Å². The summed E-state index contributed by atoms with van der Waals surface area (Å²) in [5.41, 5.74) is -0.119. The number of hydrogen-bond acceptors (Lipinski definition) is 5. The van der Waals surface area contributed by atoms with Crippen LogP contribution < -0.4 is 20.7 Å². The third-order valence-corrected chi connectivity index (χ3v) is 5.28. The van der Waals surface area contributed by atoms with Crippen LogP contribution in [0.4, 0.5) is 23.7 Å². The lowest BCUT2D eigenvalue weighted by Gasteiger charge is -2.12. The number of anilines is 1. The summed E-state index contributed by atoms with van der Waals surface area (Å²) in [7, 11) is 3.82. The van der Waals surface area contributed by atoms with Crippen molar-refractivity contribution < 1.29 is 27.5 Å². The van der Waals surface area contributed by atoms with Crippen LogP contribution in [0.25, 0.3) is 0 Å². The molecule has 1 heterocycles. The fraction of sp³-hybridized carbons (Fsp3) is 0.240. The Morgan fingerprint density at radius 1 is 1.00 bits per heavy atom. The number of pyridine rings is 1. The Balaban J connectivity index is 1.52. The molecule has 1 aromatic heterocycles. The van der Waals surface area contributed by atoms with Crippen LogP contribution in [0.5, 0.6) is 11.5 Å². The number of alkyl halides is 3. The maximum absolute atomic E-state index is 13.0. The minimum atomic E-state index is -4.63. The van der Waals surface area contributed by atoms with Gasteiger partial charge >= 0.3 is 12.2 Å². The number of carbonyl (C=O) groups is 2. The molecule has 0 saturated carbocycles. The van der Waals surface area contributed by atoms with Crippen LogP contribution in [0.2, 0.25) is 5.02 Å². The number of amides is 3. The maximum Gasteiger partial charge on any atom is 0.417 e. The lowest BCUT2D eigenvalue weighted by molar-refractivity contribution is -0.137. The molecule has 0 unspecified atom stereocenters. The number of aromatic nitrogens is 1. The largest absolute Gasteiger partial charge is 0.457 e. The summed E-state index contributed by atoms with van der Waals surface area (Å²) in [5.74, 6) is 0.624. The van der Waals surface area contributed by atoms with Gasteiger partial charge in [0.1, 0.15) is 17.2 Å². The van der Waals surface area contributed by atoms with Crippen molar-refractivity contribution >= 4 is 29.2 Å². The van der Waals surface area contributed by atoms with Gasteiger partial charge in [-0.3, -0.25) is 9.78 Å². The monoisotopic (exact) mass is 535 g/mol. The highest BCUT2D eigenvalue weighted by Gasteiger charge is 2.33. The zero-order valence-electron chi connectivity index (χ0n) is 20.0. The first kappa shape index (κ1) is 27.8. The lowest BCUT2D eigenvalue weighted by atomic mass is 10.2. The predicted molar refractivity (Wildman–Crippen MR) is 134 cm³/mol. The number of rotatable bonds is 9. The summed E-state index contributed by atoms with van der Waals surface area (Å²) in [6.45, 7) is 1.31. The van der Waals surface area contributed by atoms with Gasteiger partial charge in [0.2, 0.25) is 0 Å². The van der Waals surface area contributed by atoms with Gasteiger partial charge in [0.15, 0.2) is 0 Å². The van der Waals surface area contributed by atoms with Gasteiger partial charge in [0.05, 0.1) is 10.6 Å². The molecular weight excluding hydrogens is 511 g/mol. The number of likely N-dealkylation sites (N-methyl/N-ethyl adjacent to an activating group) is 1. The maximum atomic E-state index is 13.0. The van der Waals surface area contributed by atoms with E-state index in [0.717, 1.165) is 17.7 Å². The molecule has 0 aliphatic carbocycles. The van der Waals surface area contributed by atoms with Crippen LogP contribution in [0.15, 0.2) is 60.8 Å². The van der Waals surface area contributed by atoms with E-state index in [2.05, 4.69) is 20.9 Å². The normalized spacial score (nSPS) is 11.2. The van der Waals surface area contributed by atoms with Gasteiger partial charge < -0.3 is 25.6 Å². The van der Waals surface area contributed by atoms with Gasteiger partial charge in [-0.2, -0.15) is 13.2 Å². The minimum Gasteiger partial charge on any atom is -0.457 e. The van der Waals surface area contributed by atoms with Crippen molar-refractivity contribution in [3.63, 3.8) is 0 Å². The summed E-state index contributed by atoms with van der Waals surface area (Å²) < 4.78 is 44.7. The molecule has 0 bridgehead atoms. The Kier molecular flexibility index (Phi) is 9.31. The molecule has 0 fully saturated rings. The van der Waals surface area contributed by atoms with E-state index < -0.39 is 22.8 Å². The molecule has 0 aliphatic rings. The number of ether oxygens (including phenoxy) is 1. The summed E-state index contributed by atoms with van der Waals surface area (Å²) in [5, 5.41) is 7.26. The fourth-order valence-electron chi connectivity index (χ4n) is 3.07. The highest BCUT2D eigenvalue weighted by Crippen LogP contribution is 2.36. The second-order valence-corrected chi connectivity index (χ2v) is 8.59. The lowest BCUT2D eigenvalue weighted by Crippen LogP contribution is -2.31. The second-order valence-electron chi connectivity index (χ2n) is 8.18. The van der Waals surface area contributed by atoms with Crippen molar-refractivity contribution in [1.82, 2.24) is 20.5 Å². The quantitative estimate of drug-likeness (QED) is 0.352. The van der Waals surface area contributed by atoms with Gasteiger partial charge in [-0.25, -0.2) is 4.79 Å². The Bertz CT molecular complexity index is 1240. The minimum absolute atomic E-state index is 0.0407. The number of urea groups is 1. The average Bonchev–Trinajstić information content (AvgIpc) is 2.84. The van der Waals surface area contributed by atoms with Gasteiger partial charge in [0.25, 0.3) is 5.91 Å². The topological polar surface area (TPSA) is 95.6 Å². The van der Waals surface area contributed by atoms with Gasteiger partial charge in [-0.05, 0) is 56.1 Å². The molecule has 8 nitrogen and oxygen atoms in total. The van der Waals surface area contributed by atoms with Crippen molar-refractivity contribution in [2.24, 2.45) is 0 Å².